The van der Waals surface area contributed by atoms with E-state index >= 15 is 0 Å². The summed E-state index contributed by atoms with van der Waals surface area (Å²) in [5.74, 6) is -0.353. The van der Waals surface area contributed by atoms with E-state index in [1.54, 1.807) is 23.9 Å². The standard InChI is InChI=1S/C14H14N2O2S/c1-9(17)12-6-7-13(16-12)14(18)15-10-4-3-5-11(8-10)19-2/h3-8,16H,1-2H3,(H,15,18). The predicted molar refractivity (Wildman–Crippen MR) is 77.0 cm³/mol. The van der Waals surface area contributed by atoms with E-state index in [9.17, 15) is 9.59 Å². The maximum atomic E-state index is 12.0. The molecule has 0 bridgehead atoms. The minimum absolute atomic E-state index is 0.0940. The topological polar surface area (TPSA) is 62.0 Å². The average Bonchev–Trinajstić information content (AvgIpc) is 2.89. The molecular formula is C14H14N2O2S. The molecule has 0 saturated carbocycles. The first-order valence-corrected chi connectivity index (χ1v) is 6.98. The van der Waals surface area contributed by atoms with Gasteiger partial charge in [-0.3, -0.25) is 9.59 Å². The minimum atomic E-state index is -0.259. The van der Waals surface area contributed by atoms with Crippen LogP contribution in [0.1, 0.15) is 27.9 Å². The second-order valence-corrected chi connectivity index (χ2v) is 4.91. The molecule has 0 saturated heterocycles. The zero-order chi connectivity index (χ0) is 13.8. The Labute approximate surface area is 115 Å². The summed E-state index contributed by atoms with van der Waals surface area (Å²) in [6.07, 6.45) is 1.98. The molecule has 0 radical (unpaired) electrons. The number of carbonyl (C=O) groups is 2. The van der Waals surface area contributed by atoms with Crippen LogP contribution in [0.2, 0.25) is 0 Å². The fourth-order valence-corrected chi connectivity index (χ4v) is 2.09. The van der Waals surface area contributed by atoms with E-state index in [1.165, 1.54) is 6.92 Å². The first-order valence-electron chi connectivity index (χ1n) is 5.75. The van der Waals surface area contributed by atoms with Gasteiger partial charge in [0.05, 0.1) is 5.69 Å². The van der Waals surface area contributed by atoms with Gasteiger partial charge in [-0.2, -0.15) is 0 Å². The zero-order valence-corrected chi connectivity index (χ0v) is 11.5. The zero-order valence-electron chi connectivity index (χ0n) is 10.7. The molecule has 5 heteroatoms. The molecule has 2 N–H and O–H groups in total. The third-order valence-corrected chi connectivity index (χ3v) is 3.36. The number of nitrogens with one attached hydrogen (secondary N) is 2. The third-order valence-electron chi connectivity index (χ3n) is 2.64. The molecule has 1 aromatic heterocycles. The van der Waals surface area contributed by atoms with Crippen LogP contribution in [-0.4, -0.2) is 22.9 Å². The quantitative estimate of drug-likeness (QED) is 0.665. The number of aromatic amines is 1. The van der Waals surface area contributed by atoms with Crippen molar-refractivity contribution in [3.8, 4) is 0 Å². The molecule has 0 unspecified atom stereocenters. The minimum Gasteiger partial charge on any atom is -0.348 e. The van der Waals surface area contributed by atoms with Gasteiger partial charge in [0.1, 0.15) is 5.69 Å². The lowest BCUT2D eigenvalue weighted by molar-refractivity contribution is 0.101. The molecule has 0 aliphatic heterocycles. The molecule has 0 spiro atoms. The van der Waals surface area contributed by atoms with E-state index in [0.29, 0.717) is 11.4 Å². The van der Waals surface area contributed by atoms with Crippen molar-refractivity contribution >= 4 is 29.1 Å². The lowest BCUT2D eigenvalue weighted by Gasteiger charge is -2.05. The van der Waals surface area contributed by atoms with Crippen LogP contribution in [0.4, 0.5) is 5.69 Å². The fraction of sp³-hybridized carbons (Fsp3) is 0.143. The highest BCUT2D eigenvalue weighted by atomic mass is 32.2. The number of thioether (sulfide) groups is 1. The third kappa shape index (κ3) is 3.26. The van der Waals surface area contributed by atoms with E-state index in [1.807, 2.05) is 30.5 Å². The summed E-state index contributed by atoms with van der Waals surface area (Å²) in [7, 11) is 0. The van der Waals surface area contributed by atoms with Crippen molar-refractivity contribution in [3.05, 3.63) is 47.8 Å². The van der Waals surface area contributed by atoms with E-state index in [2.05, 4.69) is 10.3 Å². The molecule has 0 fully saturated rings. The SMILES string of the molecule is CSc1cccc(NC(=O)c2ccc(C(C)=O)[nH]2)c1. The van der Waals surface area contributed by atoms with Crippen LogP contribution >= 0.6 is 11.8 Å². The highest BCUT2D eigenvalue weighted by Crippen LogP contribution is 2.19. The van der Waals surface area contributed by atoms with Crippen molar-refractivity contribution in [2.24, 2.45) is 0 Å². The van der Waals surface area contributed by atoms with Crippen molar-refractivity contribution in [1.82, 2.24) is 4.98 Å². The van der Waals surface area contributed by atoms with Crippen LogP contribution in [0.25, 0.3) is 0 Å². The maximum Gasteiger partial charge on any atom is 0.272 e. The lowest BCUT2D eigenvalue weighted by atomic mass is 10.3. The Bertz CT molecular complexity index is 619. The monoisotopic (exact) mass is 274 g/mol. The molecule has 1 heterocycles. The van der Waals surface area contributed by atoms with Crippen LogP contribution in [0.15, 0.2) is 41.3 Å². The number of benzene rings is 1. The normalized spacial score (nSPS) is 10.2. The number of H-pyrrole nitrogens is 1. The van der Waals surface area contributed by atoms with Gasteiger partial charge >= 0.3 is 0 Å². The molecule has 0 aliphatic rings. The molecule has 1 amide bonds. The number of ketones is 1. The van der Waals surface area contributed by atoms with Crippen LogP contribution in [-0.2, 0) is 0 Å². The van der Waals surface area contributed by atoms with Gasteiger partial charge in [-0.15, -0.1) is 11.8 Å². The largest absolute Gasteiger partial charge is 0.348 e. The van der Waals surface area contributed by atoms with Gasteiger partial charge in [0.2, 0.25) is 0 Å². The van der Waals surface area contributed by atoms with Gasteiger partial charge in [0.25, 0.3) is 5.91 Å². The highest BCUT2D eigenvalue weighted by molar-refractivity contribution is 7.98. The van der Waals surface area contributed by atoms with E-state index in [4.69, 9.17) is 0 Å². The molecule has 98 valence electrons. The Balaban J connectivity index is 2.13. The van der Waals surface area contributed by atoms with Crippen LogP contribution in [0, 0.1) is 0 Å². The molecule has 2 rings (SSSR count). The summed E-state index contributed by atoms with van der Waals surface area (Å²) in [6, 6.07) is 10.8. The van der Waals surface area contributed by atoms with E-state index in [0.717, 1.165) is 10.6 Å². The highest BCUT2D eigenvalue weighted by Gasteiger charge is 2.10. The van der Waals surface area contributed by atoms with Crippen molar-refractivity contribution in [1.29, 1.82) is 0 Å². The van der Waals surface area contributed by atoms with E-state index < -0.39 is 0 Å². The number of aromatic nitrogens is 1. The van der Waals surface area contributed by atoms with E-state index in [-0.39, 0.29) is 11.7 Å². The molecule has 19 heavy (non-hydrogen) atoms. The average molecular weight is 274 g/mol. The second kappa shape index (κ2) is 5.75. The predicted octanol–water partition coefficient (Wildman–Crippen LogP) is 3.19. The maximum absolute atomic E-state index is 12.0. The summed E-state index contributed by atoms with van der Waals surface area (Å²) < 4.78 is 0. The van der Waals surface area contributed by atoms with Crippen molar-refractivity contribution in [2.75, 3.05) is 11.6 Å². The first-order chi connectivity index (χ1) is 9.10. The Morgan fingerprint density at radius 2 is 1.89 bits per heavy atom. The van der Waals surface area contributed by atoms with Crippen molar-refractivity contribution in [3.63, 3.8) is 0 Å². The number of rotatable bonds is 4. The van der Waals surface area contributed by atoms with Crippen molar-refractivity contribution < 1.29 is 9.59 Å². The van der Waals surface area contributed by atoms with Gasteiger partial charge in [-0.25, -0.2) is 0 Å². The number of Topliss-reactive ketones (excluding diaryl/α,β-unsaturated/α-hetero) is 1. The summed E-state index contributed by atoms with van der Waals surface area (Å²) >= 11 is 1.61. The number of hydrogen-bond donors (Lipinski definition) is 2. The molecule has 4 nitrogen and oxygen atoms in total. The second-order valence-electron chi connectivity index (χ2n) is 4.03. The van der Waals surface area contributed by atoms with Crippen LogP contribution in [0.3, 0.4) is 0 Å². The molecule has 2 aromatic rings. The Hall–Kier alpha value is -2.01. The van der Waals surface area contributed by atoms with Gasteiger partial charge in [0.15, 0.2) is 5.78 Å². The van der Waals surface area contributed by atoms with Crippen LogP contribution in [0.5, 0.6) is 0 Å². The Kier molecular flexibility index (Phi) is 4.06. The molecule has 1 aromatic carbocycles. The number of amides is 1. The van der Waals surface area contributed by atoms with Crippen LogP contribution < -0.4 is 5.32 Å². The van der Waals surface area contributed by atoms with Crippen molar-refractivity contribution in [2.45, 2.75) is 11.8 Å². The summed E-state index contributed by atoms with van der Waals surface area (Å²) in [5.41, 5.74) is 1.54. The van der Waals surface area contributed by atoms with Gasteiger partial charge in [-0.1, -0.05) is 6.07 Å². The molecule has 0 atom stereocenters. The Morgan fingerprint density at radius 3 is 2.53 bits per heavy atom. The number of hydrogen-bond acceptors (Lipinski definition) is 3. The van der Waals surface area contributed by atoms with Gasteiger partial charge < -0.3 is 10.3 Å². The van der Waals surface area contributed by atoms with Gasteiger partial charge in [-0.05, 0) is 36.6 Å². The molecular weight excluding hydrogens is 260 g/mol. The smallest absolute Gasteiger partial charge is 0.272 e. The summed E-state index contributed by atoms with van der Waals surface area (Å²) in [5, 5.41) is 2.79. The fourth-order valence-electron chi connectivity index (χ4n) is 1.63. The number of anilines is 1. The molecule has 0 aliphatic carbocycles. The number of carbonyl (C=O) groups excluding carboxylic acids is 2. The first kappa shape index (κ1) is 13.4. The lowest BCUT2D eigenvalue weighted by Crippen LogP contribution is -2.12. The summed E-state index contributed by atoms with van der Waals surface area (Å²) in [4.78, 5) is 27.0. The van der Waals surface area contributed by atoms with Gasteiger partial charge in [0, 0.05) is 17.5 Å². The Morgan fingerprint density at radius 1 is 1.16 bits per heavy atom. The summed E-state index contributed by atoms with van der Waals surface area (Å²) in [6.45, 7) is 1.45.